The van der Waals surface area contributed by atoms with Crippen LogP contribution in [0.15, 0.2) is 24.3 Å². The van der Waals surface area contributed by atoms with Gasteiger partial charge in [-0.05, 0) is 45.4 Å². The lowest BCUT2D eigenvalue weighted by Gasteiger charge is -2.11. The largest absolute Gasteiger partial charge is 0.491 e. The van der Waals surface area contributed by atoms with Gasteiger partial charge in [-0.3, -0.25) is 4.79 Å². The van der Waals surface area contributed by atoms with Crippen molar-refractivity contribution in [3.8, 4) is 5.75 Å². The van der Waals surface area contributed by atoms with E-state index in [2.05, 4.69) is 5.32 Å². The van der Waals surface area contributed by atoms with E-state index in [0.29, 0.717) is 17.9 Å². The molecule has 4 heteroatoms. The Hall–Kier alpha value is -1.55. The van der Waals surface area contributed by atoms with Crippen LogP contribution in [0.25, 0.3) is 0 Å². The lowest BCUT2D eigenvalue weighted by Crippen LogP contribution is -2.28. The summed E-state index contributed by atoms with van der Waals surface area (Å²) in [5.74, 6) is 0.620. The molecule has 100 valence electrons. The summed E-state index contributed by atoms with van der Waals surface area (Å²) in [6, 6.07) is 7.29. The molecule has 1 aromatic carbocycles. The molecule has 0 aromatic heterocycles. The van der Waals surface area contributed by atoms with Gasteiger partial charge in [0.2, 0.25) is 0 Å². The SMILES string of the molecule is CC(N)CCNC(=O)c1cccc(OC(C)C)c1. The van der Waals surface area contributed by atoms with Crippen LogP contribution >= 0.6 is 0 Å². The number of hydrogen-bond acceptors (Lipinski definition) is 3. The monoisotopic (exact) mass is 250 g/mol. The minimum atomic E-state index is -0.0927. The fourth-order valence-electron chi connectivity index (χ4n) is 1.50. The number of amides is 1. The van der Waals surface area contributed by atoms with Crippen LogP contribution in [0.4, 0.5) is 0 Å². The first-order valence-electron chi connectivity index (χ1n) is 6.29. The molecular formula is C14H22N2O2. The minimum absolute atomic E-state index is 0.0927. The first-order chi connectivity index (χ1) is 8.49. The van der Waals surface area contributed by atoms with Crippen LogP contribution in [0, 0.1) is 0 Å². The van der Waals surface area contributed by atoms with Gasteiger partial charge in [-0.2, -0.15) is 0 Å². The van der Waals surface area contributed by atoms with Gasteiger partial charge in [0, 0.05) is 18.2 Å². The van der Waals surface area contributed by atoms with Crippen LogP contribution in [0.5, 0.6) is 5.75 Å². The summed E-state index contributed by atoms with van der Waals surface area (Å²) >= 11 is 0. The van der Waals surface area contributed by atoms with E-state index < -0.39 is 0 Å². The molecule has 0 aliphatic carbocycles. The van der Waals surface area contributed by atoms with Gasteiger partial charge >= 0.3 is 0 Å². The molecule has 18 heavy (non-hydrogen) atoms. The highest BCUT2D eigenvalue weighted by Crippen LogP contribution is 2.14. The summed E-state index contributed by atoms with van der Waals surface area (Å²) in [4.78, 5) is 11.9. The van der Waals surface area contributed by atoms with E-state index in [0.717, 1.165) is 6.42 Å². The number of rotatable bonds is 6. The van der Waals surface area contributed by atoms with Crippen LogP contribution in [0.3, 0.4) is 0 Å². The molecular weight excluding hydrogens is 228 g/mol. The van der Waals surface area contributed by atoms with Gasteiger partial charge in [-0.25, -0.2) is 0 Å². The fourth-order valence-corrected chi connectivity index (χ4v) is 1.50. The number of nitrogens with one attached hydrogen (secondary N) is 1. The molecule has 0 aliphatic rings. The van der Waals surface area contributed by atoms with Gasteiger partial charge in [0.05, 0.1) is 6.10 Å². The number of nitrogens with two attached hydrogens (primary N) is 1. The molecule has 1 unspecified atom stereocenters. The van der Waals surface area contributed by atoms with Crippen LogP contribution in [0.1, 0.15) is 37.6 Å². The van der Waals surface area contributed by atoms with Crippen LogP contribution in [0.2, 0.25) is 0 Å². The maximum atomic E-state index is 11.9. The molecule has 0 fully saturated rings. The Balaban J connectivity index is 2.57. The Labute approximate surface area is 109 Å². The van der Waals surface area contributed by atoms with Crippen LogP contribution in [-0.2, 0) is 0 Å². The van der Waals surface area contributed by atoms with Gasteiger partial charge in [-0.15, -0.1) is 0 Å². The number of carbonyl (C=O) groups excluding carboxylic acids is 1. The molecule has 0 bridgehead atoms. The Morgan fingerprint density at radius 1 is 1.39 bits per heavy atom. The Bertz CT molecular complexity index is 389. The lowest BCUT2D eigenvalue weighted by molar-refractivity contribution is 0.0952. The van der Waals surface area contributed by atoms with Crippen molar-refractivity contribution in [1.29, 1.82) is 0 Å². The van der Waals surface area contributed by atoms with E-state index in [1.807, 2.05) is 32.9 Å². The fraction of sp³-hybridized carbons (Fsp3) is 0.500. The van der Waals surface area contributed by atoms with E-state index in [-0.39, 0.29) is 18.1 Å². The van der Waals surface area contributed by atoms with Crippen molar-refractivity contribution >= 4 is 5.91 Å². The third kappa shape index (κ3) is 5.19. The quantitative estimate of drug-likeness (QED) is 0.811. The van der Waals surface area contributed by atoms with Crippen molar-refractivity contribution in [2.24, 2.45) is 5.73 Å². The Morgan fingerprint density at radius 2 is 2.11 bits per heavy atom. The summed E-state index contributed by atoms with van der Waals surface area (Å²) in [7, 11) is 0. The lowest BCUT2D eigenvalue weighted by atomic mass is 10.2. The molecule has 1 amide bonds. The molecule has 4 nitrogen and oxygen atoms in total. The molecule has 3 N–H and O–H groups in total. The van der Waals surface area contributed by atoms with Gasteiger partial charge < -0.3 is 15.8 Å². The average molecular weight is 250 g/mol. The second-order valence-corrected chi connectivity index (χ2v) is 4.72. The van der Waals surface area contributed by atoms with E-state index in [4.69, 9.17) is 10.5 Å². The maximum Gasteiger partial charge on any atom is 0.251 e. The zero-order chi connectivity index (χ0) is 13.5. The Kier molecular flexibility index (Phi) is 5.65. The smallest absolute Gasteiger partial charge is 0.251 e. The van der Waals surface area contributed by atoms with Crippen LogP contribution < -0.4 is 15.8 Å². The van der Waals surface area contributed by atoms with Crippen molar-refractivity contribution < 1.29 is 9.53 Å². The van der Waals surface area contributed by atoms with Crippen molar-refractivity contribution in [2.75, 3.05) is 6.54 Å². The highest BCUT2D eigenvalue weighted by Gasteiger charge is 2.07. The molecule has 0 saturated heterocycles. The summed E-state index contributed by atoms with van der Waals surface area (Å²) in [6.45, 7) is 6.42. The molecule has 0 saturated carbocycles. The van der Waals surface area contributed by atoms with Crippen molar-refractivity contribution in [3.05, 3.63) is 29.8 Å². The zero-order valence-electron chi connectivity index (χ0n) is 11.3. The standard InChI is InChI=1S/C14H22N2O2/c1-10(2)18-13-6-4-5-12(9-13)14(17)16-8-7-11(3)15/h4-6,9-11H,7-8,15H2,1-3H3,(H,16,17). The summed E-state index contributed by atoms with van der Waals surface area (Å²) in [5.41, 5.74) is 6.23. The molecule has 0 spiro atoms. The van der Waals surface area contributed by atoms with Gasteiger partial charge in [0.25, 0.3) is 5.91 Å². The normalized spacial score (nSPS) is 12.3. The second-order valence-electron chi connectivity index (χ2n) is 4.72. The molecule has 0 radical (unpaired) electrons. The highest BCUT2D eigenvalue weighted by atomic mass is 16.5. The third-order valence-electron chi connectivity index (χ3n) is 2.35. The number of benzene rings is 1. The zero-order valence-corrected chi connectivity index (χ0v) is 11.3. The van der Waals surface area contributed by atoms with E-state index in [1.165, 1.54) is 0 Å². The highest BCUT2D eigenvalue weighted by molar-refractivity contribution is 5.94. The van der Waals surface area contributed by atoms with Crippen molar-refractivity contribution in [3.63, 3.8) is 0 Å². The van der Waals surface area contributed by atoms with Gasteiger partial charge in [0.15, 0.2) is 0 Å². The molecule has 1 atom stereocenters. The molecule has 1 rings (SSSR count). The predicted octanol–water partition coefficient (Wildman–Crippen LogP) is 1.94. The summed E-state index contributed by atoms with van der Waals surface area (Å²) in [5, 5.41) is 2.84. The third-order valence-corrected chi connectivity index (χ3v) is 2.35. The van der Waals surface area contributed by atoms with E-state index in [9.17, 15) is 4.79 Å². The van der Waals surface area contributed by atoms with E-state index in [1.54, 1.807) is 12.1 Å². The topological polar surface area (TPSA) is 64.3 Å². The minimum Gasteiger partial charge on any atom is -0.491 e. The maximum absolute atomic E-state index is 11.9. The predicted molar refractivity (Wildman–Crippen MR) is 72.8 cm³/mol. The van der Waals surface area contributed by atoms with Crippen molar-refractivity contribution in [1.82, 2.24) is 5.32 Å². The second kappa shape index (κ2) is 7.01. The number of hydrogen-bond donors (Lipinski definition) is 2. The average Bonchev–Trinajstić information content (AvgIpc) is 2.27. The molecule has 1 aromatic rings. The van der Waals surface area contributed by atoms with Crippen LogP contribution in [-0.4, -0.2) is 24.6 Å². The van der Waals surface area contributed by atoms with Gasteiger partial charge in [0.1, 0.15) is 5.75 Å². The summed E-state index contributed by atoms with van der Waals surface area (Å²) < 4.78 is 5.55. The molecule has 0 heterocycles. The first kappa shape index (κ1) is 14.5. The van der Waals surface area contributed by atoms with Crippen molar-refractivity contribution in [2.45, 2.75) is 39.3 Å². The number of ether oxygens (including phenoxy) is 1. The van der Waals surface area contributed by atoms with Gasteiger partial charge in [-0.1, -0.05) is 6.07 Å². The number of carbonyl (C=O) groups is 1. The van der Waals surface area contributed by atoms with E-state index >= 15 is 0 Å². The Morgan fingerprint density at radius 3 is 2.72 bits per heavy atom. The summed E-state index contributed by atoms with van der Waals surface area (Å²) in [6.07, 6.45) is 0.870. The molecule has 0 aliphatic heterocycles. The first-order valence-corrected chi connectivity index (χ1v) is 6.29.